The van der Waals surface area contributed by atoms with Crippen LogP contribution in [0.5, 0.6) is 5.75 Å². The van der Waals surface area contributed by atoms with Gasteiger partial charge in [-0.1, -0.05) is 54.6 Å². The zero-order chi connectivity index (χ0) is 20.2. The van der Waals surface area contributed by atoms with Crippen LogP contribution in [-0.4, -0.2) is 27.4 Å². The first-order valence-electron chi connectivity index (χ1n) is 9.97. The largest absolute Gasteiger partial charge is 0.491 e. The smallest absolute Gasteiger partial charge is 0.122 e. The molecule has 1 N–H and O–H groups in total. The van der Waals surface area contributed by atoms with Gasteiger partial charge in [0.15, 0.2) is 0 Å². The van der Waals surface area contributed by atoms with Crippen molar-refractivity contribution in [1.29, 1.82) is 0 Å². The van der Waals surface area contributed by atoms with Crippen LogP contribution in [0, 0.1) is 13.8 Å². The van der Waals surface area contributed by atoms with Gasteiger partial charge in [-0.15, -0.1) is 0 Å². The van der Waals surface area contributed by atoms with Crippen LogP contribution in [0.3, 0.4) is 0 Å². The fourth-order valence-electron chi connectivity index (χ4n) is 3.57. The van der Waals surface area contributed by atoms with Crippen molar-refractivity contribution in [3.8, 4) is 5.75 Å². The molecule has 1 unspecified atom stereocenters. The Bertz CT molecular complexity index is 1100. The molecule has 0 saturated heterocycles. The molecule has 3 aromatic carbocycles. The predicted molar refractivity (Wildman–Crippen MR) is 116 cm³/mol. The molecule has 0 radical (unpaired) electrons. The van der Waals surface area contributed by atoms with E-state index in [1.807, 2.05) is 55.5 Å². The number of rotatable bonds is 7. The van der Waals surface area contributed by atoms with Crippen molar-refractivity contribution in [3.63, 3.8) is 0 Å². The van der Waals surface area contributed by atoms with Crippen LogP contribution in [0.4, 0.5) is 0 Å². The minimum Gasteiger partial charge on any atom is -0.491 e. The Labute approximate surface area is 171 Å². The monoisotopic (exact) mass is 386 g/mol. The fourth-order valence-corrected chi connectivity index (χ4v) is 3.57. The van der Waals surface area contributed by atoms with Gasteiger partial charge in [-0.25, -0.2) is 4.98 Å². The van der Waals surface area contributed by atoms with Crippen molar-refractivity contribution in [2.24, 2.45) is 0 Å². The number of nitrogens with zero attached hydrogens (tertiary/aromatic N) is 2. The number of para-hydroxylation sites is 2. The topological polar surface area (TPSA) is 47.3 Å². The Hall–Kier alpha value is -3.11. The van der Waals surface area contributed by atoms with Crippen LogP contribution in [-0.2, 0) is 13.0 Å². The molecule has 0 spiro atoms. The lowest BCUT2D eigenvalue weighted by Crippen LogP contribution is -2.25. The second-order valence-electron chi connectivity index (χ2n) is 7.45. The minimum atomic E-state index is -0.637. The highest BCUT2D eigenvalue weighted by Crippen LogP contribution is 2.22. The highest BCUT2D eigenvalue weighted by molar-refractivity contribution is 5.76. The molecule has 4 aromatic rings. The molecule has 0 fully saturated rings. The molecule has 1 atom stereocenters. The van der Waals surface area contributed by atoms with E-state index in [1.54, 1.807) is 0 Å². The number of benzene rings is 3. The van der Waals surface area contributed by atoms with E-state index < -0.39 is 6.10 Å². The number of aliphatic hydroxyl groups excluding tert-OH is 1. The van der Waals surface area contributed by atoms with E-state index >= 15 is 0 Å². The lowest BCUT2D eigenvalue weighted by Gasteiger charge is -2.17. The van der Waals surface area contributed by atoms with E-state index in [4.69, 9.17) is 9.72 Å². The van der Waals surface area contributed by atoms with Crippen molar-refractivity contribution in [3.05, 3.63) is 95.3 Å². The van der Waals surface area contributed by atoms with Crippen LogP contribution in [0.1, 0.15) is 22.5 Å². The number of ether oxygens (including phenoxy) is 1. The average molecular weight is 386 g/mol. The van der Waals surface area contributed by atoms with Gasteiger partial charge in [0.05, 0.1) is 17.6 Å². The fraction of sp³-hybridized carbons (Fsp3) is 0.240. The third kappa shape index (κ3) is 4.33. The third-order valence-electron chi connectivity index (χ3n) is 5.32. The maximum absolute atomic E-state index is 10.7. The zero-order valence-corrected chi connectivity index (χ0v) is 16.9. The van der Waals surface area contributed by atoms with E-state index in [9.17, 15) is 5.11 Å². The van der Waals surface area contributed by atoms with E-state index in [0.29, 0.717) is 6.54 Å². The van der Waals surface area contributed by atoms with Crippen LogP contribution >= 0.6 is 0 Å². The molecule has 148 valence electrons. The normalized spacial score (nSPS) is 12.2. The van der Waals surface area contributed by atoms with Gasteiger partial charge in [-0.3, -0.25) is 0 Å². The lowest BCUT2D eigenvalue weighted by molar-refractivity contribution is 0.0924. The van der Waals surface area contributed by atoms with Crippen LogP contribution in [0.2, 0.25) is 0 Å². The molecule has 4 heteroatoms. The Morgan fingerprint density at radius 2 is 1.69 bits per heavy atom. The quantitative estimate of drug-likeness (QED) is 0.501. The summed E-state index contributed by atoms with van der Waals surface area (Å²) in [7, 11) is 0. The number of fused-ring (bicyclic) bond motifs is 1. The Balaban J connectivity index is 1.54. The predicted octanol–water partition coefficient (Wildman–Crippen LogP) is 4.68. The molecule has 4 nitrogen and oxygen atoms in total. The first-order valence-corrected chi connectivity index (χ1v) is 9.97. The summed E-state index contributed by atoms with van der Waals surface area (Å²) in [5.74, 6) is 1.77. The maximum atomic E-state index is 10.7. The number of hydrogen-bond acceptors (Lipinski definition) is 3. The molecule has 0 aliphatic carbocycles. The second-order valence-corrected chi connectivity index (χ2v) is 7.45. The molecular weight excluding hydrogens is 360 g/mol. The van der Waals surface area contributed by atoms with Gasteiger partial charge in [-0.2, -0.15) is 0 Å². The van der Waals surface area contributed by atoms with E-state index in [1.165, 1.54) is 11.1 Å². The molecule has 0 aliphatic rings. The Morgan fingerprint density at radius 3 is 2.52 bits per heavy atom. The summed E-state index contributed by atoms with van der Waals surface area (Å²) in [5.41, 5.74) is 5.47. The van der Waals surface area contributed by atoms with E-state index in [2.05, 4.69) is 35.8 Å². The van der Waals surface area contributed by atoms with Gasteiger partial charge < -0.3 is 14.4 Å². The average Bonchev–Trinajstić information content (AvgIpc) is 3.07. The summed E-state index contributed by atoms with van der Waals surface area (Å²) in [5, 5.41) is 10.7. The highest BCUT2D eigenvalue weighted by atomic mass is 16.5. The van der Waals surface area contributed by atoms with Crippen molar-refractivity contribution >= 4 is 11.0 Å². The minimum absolute atomic E-state index is 0.238. The second kappa shape index (κ2) is 8.50. The Kier molecular flexibility index (Phi) is 5.63. The molecule has 4 rings (SSSR count). The van der Waals surface area contributed by atoms with Crippen LogP contribution in [0.25, 0.3) is 11.0 Å². The van der Waals surface area contributed by atoms with E-state index in [0.717, 1.165) is 34.6 Å². The van der Waals surface area contributed by atoms with Gasteiger partial charge >= 0.3 is 0 Å². The number of aliphatic hydroxyl groups is 1. The molecule has 0 amide bonds. The molecule has 29 heavy (non-hydrogen) atoms. The maximum Gasteiger partial charge on any atom is 0.122 e. The van der Waals surface area contributed by atoms with Gasteiger partial charge in [0.2, 0.25) is 0 Å². The molecule has 1 aromatic heterocycles. The molecular formula is C25H26N2O2. The summed E-state index contributed by atoms with van der Waals surface area (Å²) in [4.78, 5) is 4.82. The summed E-state index contributed by atoms with van der Waals surface area (Å²) in [6, 6.07) is 24.3. The molecule has 0 bridgehead atoms. The first-order chi connectivity index (χ1) is 14.1. The van der Waals surface area contributed by atoms with Crippen LogP contribution in [0.15, 0.2) is 72.8 Å². The number of aromatic nitrogens is 2. The standard InChI is InChI=1S/C25H26N2O2/c1-18-9-8-14-24(19(18)2)29-17-21(28)16-27-23-13-7-6-12-22(23)26-25(27)15-20-10-4-3-5-11-20/h3-14,21,28H,15-17H2,1-2H3. The third-order valence-corrected chi connectivity index (χ3v) is 5.32. The molecule has 0 saturated carbocycles. The number of aryl methyl sites for hydroxylation is 1. The lowest BCUT2D eigenvalue weighted by atomic mass is 10.1. The highest BCUT2D eigenvalue weighted by Gasteiger charge is 2.15. The van der Waals surface area contributed by atoms with Crippen LogP contribution < -0.4 is 4.74 Å². The van der Waals surface area contributed by atoms with Crippen molar-refractivity contribution in [1.82, 2.24) is 9.55 Å². The van der Waals surface area contributed by atoms with Gasteiger partial charge in [0, 0.05) is 6.42 Å². The number of imidazole rings is 1. The van der Waals surface area contributed by atoms with Gasteiger partial charge in [-0.05, 0) is 48.7 Å². The molecule has 0 aliphatic heterocycles. The molecule has 1 heterocycles. The summed E-state index contributed by atoms with van der Waals surface area (Å²) in [6.45, 7) is 4.78. The summed E-state index contributed by atoms with van der Waals surface area (Å²) < 4.78 is 8.03. The van der Waals surface area contributed by atoms with E-state index in [-0.39, 0.29) is 6.61 Å². The van der Waals surface area contributed by atoms with Gasteiger partial charge in [0.25, 0.3) is 0 Å². The van der Waals surface area contributed by atoms with Crippen molar-refractivity contribution in [2.75, 3.05) is 6.61 Å². The SMILES string of the molecule is Cc1cccc(OCC(O)Cn2c(Cc3ccccc3)nc3ccccc32)c1C. The zero-order valence-electron chi connectivity index (χ0n) is 16.9. The van der Waals surface area contributed by atoms with Crippen molar-refractivity contribution < 1.29 is 9.84 Å². The van der Waals surface area contributed by atoms with Gasteiger partial charge in [0.1, 0.15) is 24.3 Å². The number of hydrogen-bond donors (Lipinski definition) is 1. The Morgan fingerprint density at radius 1 is 0.931 bits per heavy atom. The first kappa shape index (κ1) is 19.2. The summed E-state index contributed by atoms with van der Waals surface area (Å²) >= 11 is 0. The summed E-state index contributed by atoms with van der Waals surface area (Å²) in [6.07, 6.45) is 0.0853. The van der Waals surface area contributed by atoms with Crippen molar-refractivity contribution in [2.45, 2.75) is 32.9 Å².